The Kier molecular flexibility index (Phi) is 18.5. The maximum absolute atomic E-state index is 14.2. The number of aliphatic imine (C=N–C) groups is 1. The van der Waals surface area contributed by atoms with Crippen LogP contribution in [0, 0.1) is 18.8 Å². The second-order valence-corrected chi connectivity index (χ2v) is 26.3. The van der Waals surface area contributed by atoms with Crippen LogP contribution in [0.1, 0.15) is 148 Å². The van der Waals surface area contributed by atoms with Crippen molar-refractivity contribution in [2.75, 3.05) is 22.2 Å². The third-order valence-electron chi connectivity index (χ3n) is 15.8. The number of carbonyl (C=O) groups excluding carboxylic acids is 6. The number of hydrogen-bond acceptors (Lipinski definition) is 12. The molecule has 14 nitrogen and oxygen atoms in total. The molecule has 0 spiro atoms. The van der Waals surface area contributed by atoms with Gasteiger partial charge in [-0.15, -0.1) is 0 Å². The summed E-state index contributed by atoms with van der Waals surface area (Å²) in [7, 11) is 5.01. The minimum absolute atomic E-state index is 0.0581. The van der Waals surface area contributed by atoms with Gasteiger partial charge < -0.3 is 29.7 Å². The first-order valence-electron chi connectivity index (χ1n) is 28.4. The Morgan fingerprint density at radius 3 is 2.14 bits per heavy atom. The number of methoxy groups -OCH3 is 1. The van der Waals surface area contributed by atoms with Gasteiger partial charge in [-0.1, -0.05) is 92.6 Å². The molecule has 16 heteroatoms. The second kappa shape index (κ2) is 25.5. The number of aryl methyl sites for hydroxylation is 2. The van der Waals surface area contributed by atoms with E-state index < -0.39 is 12.0 Å². The van der Waals surface area contributed by atoms with Crippen LogP contribution >= 0.6 is 21.6 Å². The molecule has 4 aliphatic heterocycles. The molecule has 2 N–H and O–H groups in total. The van der Waals surface area contributed by atoms with Gasteiger partial charge in [0.2, 0.25) is 11.8 Å². The summed E-state index contributed by atoms with van der Waals surface area (Å²) < 4.78 is 18.7. The van der Waals surface area contributed by atoms with Gasteiger partial charge in [0.05, 0.1) is 30.4 Å². The molecule has 5 aromatic rings. The molecule has 0 radical (unpaired) electrons. The lowest BCUT2D eigenvalue weighted by Gasteiger charge is -2.26. The molecule has 0 aromatic heterocycles. The lowest BCUT2D eigenvalue weighted by Crippen LogP contribution is -2.45. The Morgan fingerprint density at radius 1 is 0.778 bits per heavy atom. The zero-order chi connectivity index (χ0) is 57.7. The van der Waals surface area contributed by atoms with E-state index in [-0.39, 0.29) is 84.0 Å². The van der Waals surface area contributed by atoms with E-state index >= 15 is 0 Å². The van der Waals surface area contributed by atoms with Gasteiger partial charge in [0, 0.05) is 89.0 Å². The van der Waals surface area contributed by atoms with Gasteiger partial charge in [-0.3, -0.25) is 38.7 Å². The number of ketones is 2. The van der Waals surface area contributed by atoms with Crippen molar-refractivity contribution >= 4 is 85.7 Å². The predicted molar refractivity (Wildman–Crippen MR) is 324 cm³/mol. The van der Waals surface area contributed by atoms with Gasteiger partial charge in [-0.2, -0.15) is 0 Å². The topological polar surface area (TPSA) is 173 Å². The summed E-state index contributed by atoms with van der Waals surface area (Å²) in [5, 5.41) is 6.34. The molecule has 4 heterocycles. The van der Waals surface area contributed by atoms with Crippen molar-refractivity contribution in [3.8, 4) is 17.2 Å². The number of hydrogen-bond donors (Lipinski definition) is 2. The molecule has 4 aliphatic rings. The molecule has 426 valence electrons. The summed E-state index contributed by atoms with van der Waals surface area (Å²) >= 11 is 0. The fourth-order valence-corrected chi connectivity index (χ4v) is 13.8. The molecule has 1 unspecified atom stereocenters. The van der Waals surface area contributed by atoms with Crippen LogP contribution in [0.25, 0.3) is 0 Å². The van der Waals surface area contributed by atoms with E-state index in [9.17, 15) is 28.8 Å². The summed E-state index contributed by atoms with van der Waals surface area (Å²) in [5.41, 5.74) is 9.22. The van der Waals surface area contributed by atoms with Gasteiger partial charge in [-0.25, -0.2) is 0 Å². The first-order chi connectivity index (χ1) is 38.8. The van der Waals surface area contributed by atoms with E-state index in [2.05, 4.69) is 37.5 Å². The Labute approximate surface area is 484 Å². The van der Waals surface area contributed by atoms with Crippen molar-refractivity contribution in [2.45, 2.75) is 161 Å². The number of nitrogens with one attached hydrogen (secondary N) is 2. The standard InChI is InChI=1S/C65H75N5O9S2/c1-10-50(71)22-19-41(6)80-81-65(7,8)24-23-60(73)68-61(38(2)3)56(72)26-40(5)62(74)67-47-28-42(36-78-57-34-53-52(25-39(57)4)64(76)70-49(35-66-53)31-46-16-12-14-18-55(46)70)27-43(29-47)37-79-59-32-44-20-21-48-30-45-15-11-13-17-54(45)69(48)63(75)51(44)33-58(59)77-9/h11-18,25,27-29,32-35,38,40-41,48-49,61H,10,19-24,26,30-31,36-37H2,1-9H3,(H,67,74)(H,68,73)/t40-,41?,48-,49+,61+/m1/s1. The Hall–Kier alpha value is -6.91. The summed E-state index contributed by atoms with van der Waals surface area (Å²) in [6.45, 7) is 15.7. The van der Waals surface area contributed by atoms with Crippen LogP contribution in [-0.4, -0.2) is 76.6 Å². The van der Waals surface area contributed by atoms with E-state index in [0.717, 1.165) is 47.3 Å². The van der Waals surface area contributed by atoms with Crippen LogP contribution in [0.2, 0.25) is 0 Å². The van der Waals surface area contributed by atoms with Crippen molar-refractivity contribution in [2.24, 2.45) is 16.8 Å². The van der Waals surface area contributed by atoms with Gasteiger partial charge >= 0.3 is 0 Å². The number of benzene rings is 5. The molecule has 0 saturated carbocycles. The van der Waals surface area contributed by atoms with Crippen molar-refractivity contribution < 1.29 is 43.0 Å². The number of amides is 4. The Morgan fingerprint density at radius 2 is 1.44 bits per heavy atom. The number of anilines is 3. The molecule has 0 fully saturated rings. The summed E-state index contributed by atoms with van der Waals surface area (Å²) in [4.78, 5) is 90.2. The van der Waals surface area contributed by atoms with Crippen LogP contribution in [0.4, 0.5) is 22.7 Å². The third kappa shape index (κ3) is 13.7. The average Bonchev–Trinajstić information content (AvgIpc) is 4.19. The van der Waals surface area contributed by atoms with Crippen molar-refractivity contribution in [3.05, 3.63) is 136 Å². The fraction of sp³-hybridized carbons (Fsp3) is 0.431. The summed E-state index contributed by atoms with van der Waals surface area (Å²) in [6, 6.07) is 28.0. The van der Waals surface area contributed by atoms with Gasteiger partial charge in [0.25, 0.3) is 11.8 Å². The Bertz CT molecular complexity index is 3270. The van der Waals surface area contributed by atoms with Crippen molar-refractivity contribution in [1.82, 2.24) is 5.32 Å². The van der Waals surface area contributed by atoms with Gasteiger partial charge in [0.15, 0.2) is 17.3 Å². The monoisotopic (exact) mass is 1130 g/mol. The number of carbonyl (C=O) groups is 6. The van der Waals surface area contributed by atoms with E-state index in [0.29, 0.717) is 88.2 Å². The second-order valence-electron chi connectivity index (χ2n) is 23.0. The van der Waals surface area contributed by atoms with Crippen molar-refractivity contribution in [1.29, 1.82) is 0 Å². The highest BCUT2D eigenvalue weighted by Crippen LogP contribution is 2.44. The molecular formula is C65H75N5O9S2. The zero-order valence-corrected chi connectivity index (χ0v) is 49.7. The van der Waals surface area contributed by atoms with Crippen LogP contribution < -0.4 is 34.6 Å². The first-order valence-corrected chi connectivity index (χ1v) is 30.6. The maximum Gasteiger partial charge on any atom is 0.261 e. The number of rotatable bonds is 24. The lowest BCUT2D eigenvalue weighted by atomic mass is 9.92. The molecule has 5 aromatic carbocycles. The van der Waals surface area contributed by atoms with Gasteiger partial charge in [0.1, 0.15) is 24.7 Å². The largest absolute Gasteiger partial charge is 0.493 e. The Balaban J connectivity index is 0.897. The first kappa shape index (κ1) is 58.7. The highest BCUT2D eigenvalue weighted by Gasteiger charge is 2.39. The summed E-state index contributed by atoms with van der Waals surface area (Å²) in [5.74, 6) is -0.255. The minimum atomic E-state index is -0.774. The lowest BCUT2D eigenvalue weighted by molar-refractivity contribution is -0.131. The quantitative estimate of drug-likeness (QED) is 0.0563. The molecule has 4 amide bonds. The minimum Gasteiger partial charge on any atom is -0.493 e. The van der Waals surface area contributed by atoms with Crippen LogP contribution in [0.15, 0.2) is 96.0 Å². The molecule has 0 bridgehead atoms. The number of Topliss-reactive ketones (excluding diaryl/α,β-unsaturated/α-hetero) is 2. The van der Waals surface area contributed by atoms with Crippen LogP contribution in [-0.2, 0) is 51.7 Å². The molecule has 5 atom stereocenters. The van der Waals surface area contributed by atoms with Crippen LogP contribution in [0.5, 0.6) is 17.2 Å². The van der Waals surface area contributed by atoms with E-state index in [4.69, 9.17) is 19.2 Å². The van der Waals surface area contributed by atoms with Gasteiger partial charge in [-0.05, 0) is 141 Å². The highest BCUT2D eigenvalue weighted by molar-refractivity contribution is 8.77. The van der Waals surface area contributed by atoms with Crippen molar-refractivity contribution in [3.63, 3.8) is 0 Å². The van der Waals surface area contributed by atoms with E-state index in [1.165, 1.54) is 5.56 Å². The smallest absolute Gasteiger partial charge is 0.261 e. The molecule has 9 rings (SSSR count). The summed E-state index contributed by atoms with van der Waals surface area (Å²) in [6.07, 6.45) is 7.48. The predicted octanol–water partition coefficient (Wildman–Crippen LogP) is 12.7. The normalized spacial score (nSPS) is 17.1. The van der Waals surface area contributed by atoms with E-state index in [1.807, 2.05) is 117 Å². The zero-order valence-electron chi connectivity index (χ0n) is 48.0. The third-order valence-corrected chi connectivity index (χ3v) is 19.8. The fourth-order valence-electron chi connectivity index (χ4n) is 11.1. The van der Waals surface area contributed by atoms with E-state index in [1.54, 1.807) is 47.8 Å². The highest BCUT2D eigenvalue weighted by atomic mass is 33.1. The molecule has 81 heavy (non-hydrogen) atoms. The molecule has 0 aliphatic carbocycles. The number of para-hydroxylation sites is 2. The number of nitrogens with zero attached hydrogens (tertiary/aromatic N) is 3. The number of ether oxygens (including phenoxy) is 3. The number of fused-ring (bicyclic) bond motifs is 8. The molecule has 0 saturated heterocycles. The SMILES string of the molecule is CCC(=O)CCC(C)SSC(C)(C)CCC(=O)N[C@H](C(=O)C[C@@H](C)C(=O)Nc1cc(COc2cc3c(cc2C)C(=O)N2c4ccccc4C[C@H]2C=N3)cc(COc2cc3c(cc2OC)C(=O)N2c4ccccc4C[C@H]2CC3)c1)C(C)C. The van der Waals surface area contributed by atoms with Crippen LogP contribution in [0.3, 0.4) is 0 Å². The average molecular weight is 1130 g/mol. The molecular weight excluding hydrogens is 1060 g/mol. The maximum atomic E-state index is 14.2.